The molecular weight excluding hydrogens is 268 g/mol. The molecule has 0 bridgehead atoms. The fourth-order valence-electron chi connectivity index (χ4n) is 1.96. The first kappa shape index (κ1) is 15.1. The Hall–Kier alpha value is -2.33. The van der Waals surface area contributed by atoms with Crippen LogP contribution < -0.4 is 9.47 Å². The molecule has 0 saturated heterocycles. The summed E-state index contributed by atoms with van der Waals surface area (Å²) in [6.45, 7) is 1.92. The lowest BCUT2D eigenvalue weighted by Crippen LogP contribution is -2.00. The second-order valence-corrected chi connectivity index (χ2v) is 4.68. The number of rotatable bonds is 6. The highest BCUT2D eigenvalue weighted by Crippen LogP contribution is 2.25. The van der Waals surface area contributed by atoms with E-state index in [-0.39, 0.29) is 12.4 Å². The van der Waals surface area contributed by atoms with E-state index in [4.69, 9.17) is 14.6 Å². The van der Waals surface area contributed by atoms with E-state index < -0.39 is 0 Å². The Morgan fingerprint density at radius 2 is 1.76 bits per heavy atom. The summed E-state index contributed by atoms with van der Waals surface area (Å²) >= 11 is 0. The SMILES string of the molecule is COc1ccc(OCc2ccc(CO)cc2)cc1C(C)=O. The summed E-state index contributed by atoms with van der Waals surface area (Å²) in [5, 5.41) is 8.99. The molecule has 2 aromatic rings. The molecule has 2 rings (SSSR count). The molecule has 0 amide bonds. The van der Waals surface area contributed by atoms with Gasteiger partial charge in [-0.05, 0) is 36.2 Å². The fourth-order valence-corrected chi connectivity index (χ4v) is 1.96. The van der Waals surface area contributed by atoms with Crippen molar-refractivity contribution in [2.24, 2.45) is 0 Å². The van der Waals surface area contributed by atoms with Gasteiger partial charge in [0.25, 0.3) is 0 Å². The van der Waals surface area contributed by atoms with Gasteiger partial charge >= 0.3 is 0 Å². The van der Waals surface area contributed by atoms with Gasteiger partial charge in [-0.1, -0.05) is 24.3 Å². The molecule has 0 saturated carbocycles. The van der Waals surface area contributed by atoms with Crippen LogP contribution in [-0.4, -0.2) is 18.0 Å². The van der Waals surface area contributed by atoms with Crippen LogP contribution in [0.15, 0.2) is 42.5 Å². The Kier molecular flexibility index (Phi) is 4.95. The van der Waals surface area contributed by atoms with Gasteiger partial charge in [0.2, 0.25) is 0 Å². The molecular formula is C17H18O4. The van der Waals surface area contributed by atoms with Crippen molar-refractivity contribution in [3.8, 4) is 11.5 Å². The van der Waals surface area contributed by atoms with Gasteiger partial charge in [-0.2, -0.15) is 0 Å². The predicted octanol–water partition coefficient (Wildman–Crippen LogP) is 2.97. The standard InChI is InChI=1S/C17H18O4/c1-12(19)16-9-15(7-8-17(16)20-2)21-11-14-5-3-13(10-18)4-6-14/h3-9,18H,10-11H2,1-2H3. The number of ketones is 1. The lowest BCUT2D eigenvalue weighted by atomic mass is 10.1. The maximum Gasteiger partial charge on any atom is 0.163 e. The number of carbonyl (C=O) groups excluding carboxylic acids is 1. The zero-order valence-electron chi connectivity index (χ0n) is 12.1. The number of ether oxygens (including phenoxy) is 2. The minimum atomic E-state index is -0.0652. The van der Waals surface area contributed by atoms with E-state index in [0.717, 1.165) is 11.1 Å². The van der Waals surface area contributed by atoms with Crippen LogP contribution in [0.5, 0.6) is 11.5 Å². The summed E-state index contributed by atoms with van der Waals surface area (Å²) < 4.78 is 10.8. The molecule has 0 heterocycles. The average Bonchev–Trinajstić information content (AvgIpc) is 2.53. The first-order valence-corrected chi connectivity index (χ1v) is 6.64. The van der Waals surface area contributed by atoms with E-state index in [0.29, 0.717) is 23.7 Å². The molecule has 1 N–H and O–H groups in total. The molecule has 0 aliphatic heterocycles. The molecule has 0 radical (unpaired) electrons. The van der Waals surface area contributed by atoms with Gasteiger partial charge in [0.05, 0.1) is 19.3 Å². The second-order valence-electron chi connectivity index (χ2n) is 4.68. The number of aliphatic hydroxyl groups is 1. The third kappa shape index (κ3) is 3.83. The van der Waals surface area contributed by atoms with Crippen molar-refractivity contribution in [2.45, 2.75) is 20.1 Å². The molecule has 4 heteroatoms. The maximum absolute atomic E-state index is 11.6. The van der Waals surface area contributed by atoms with Crippen LogP contribution in [0.1, 0.15) is 28.4 Å². The van der Waals surface area contributed by atoms with E-state index in [1.807, 2.05) is 24.3 Å². The van der Waals surface area contributed by atoms with Gasteiger partial charge in [-0.15, -0.1) is 0 Å². The Labute approximate surface area is 123 Å². The first-order chi connectivity index (χ1) is 10.1. The summed E-state index contributed by atoms with van der Waals surface area (Å²) in [7, 11) is 1.53. The van der Waals surface area contributed by atoms with Crippen LogP contribution >= 0.6 is 0 Å². The Balaban J connectivity index is 2.08. The topological polar surface area (TPSA) is 55.8 Å². The van der Waals surface area contributed by atoms with Crippen molar-refractivity contribution >= 4 is 5.78 Å². The summed E-state index contributed by atoms with van der Waals surface area (Å²) in [6.07, 6.45) is 0. The minimum Gasteiger partial charge on any atom is -0.496 e. The number of Topliss-reactive ketones (excluding diaryl/α,β-unsaturated/α-hetero) is 1. The van der Waals surface area contributed by atoms with E-state index in [1.54, 1.807) is 18.2 Å². The van der Waals surface area contributed by atoms with Crippen LogP contribution in [0.4, 0.5) is 0 Å². The Morgan fingerprint density at radius 1 is 1.10 bits per heavy atom. The molecule has 0 spiro atoms. The number of hydrogen-bond acceptors (Lipinski definition) is 4. The monoisotopic (exact) mass is 286 g/mol. The predicted molar refractivity (Wildman–Crippen MR) is 79.7 cm³/mol. The zero-order chi connectivity index (χ0) is 15.2. The van der Waals surface area contributed by atoms with Crippen LogP contribution in [-0.2, 0) is 13.2 Å². The smallest absolute Gasteiger partial charge is 0.163 e. The molecule has 0 unspecified atom stereocenters. The zero-order valence-corrected chi connectivity index (χ0v) is 12.1. The van der Waals surface area contributed by atoms with Crippen LogP contribution in [0, 0.1) is 0 Å². The molecule has 0 aliphatic carbocycles. The highest BCUT2D eigenvalue weighted by atomic mass is 16.5. The lowest BCUT2D eigenvalue weighted by Gasteiger charge is -2.10. The van der Waals surface area contributed by atoms with Gasteiger partial charge in [0.1, 0.15) is 18.1 Å². The molecule has 2 aromatic carbocycles. The van der Waals surface area contributed by atoms with Gasteiger partial charge in [0.15, 0.2) is 5.78 Å². The first-order valence-electron chi connectivity index (χ1n) is 6.64. The van der Waals surface area contributed by atoms with Crippen LogP contribution in [0.2, 0.25) is 0 Å². The van der Waals surface area contributed by atoms with Crippen molar-refractivity contribution < 1.29 is 19.4 Å². The third-order valence-electron chi connectivity index (χ3n) is 3.16. The Bertz CT molecular complexity index is 617. The number of benzene rings is 2. The Morgan fingerprint density at radius 3 is 2.33 bits per heavy atom. The average molecular weight is 286 g/mol. The summed E-state index contributed by atoms with van der Waals surface area (Å²) in [5.74, 6) is 1.10. The molecule has 0 aliphatic rings. The minimum absolute atomic E-state index is 0.0294. The number of aliphatic hydroxyl groups excluding tert-OH is 1. The highest BCUT2D eigenvalue weighted by molar-refractivity contribution is 5.97. The summed E-state index contributed by atoms with van der Waals surface area (Å²) in [4.78, 5) is 11.6. The van der Waals surface area contributed by atoms with Crippen molar-refractivity contribution in [3.05, 3.63) is 59.2 Å². The largest absolute Gasteiger partial charge is 0.496 e. The lowest BCUT2D eigenvalue weighted by molar-refractivity contribution is 0.101. The second kappa shape index (κ2) is 6.90. The molecule has 0 fully saturated rings. The van der Waals surface area contributed by atoms with E-state index in [1.165, 1.54) is 14.0 Å². The third-order valence-corrected chi connectivity index (χ3v) is 3.16. The number of carbonyl (C=O) groups is 1. The molecule has 110 valence electrons. The number of methoxy groups -OCH3 is 1. The quantitative estimate of drug-likeness (QED) is 0.829. The maximum atomic E-state index is 11.6. The van der Waals surface area contributed by atoms with E-state index >= 15 is 0 Å². The highest BCUT2D eigenvalue weighted by Gasteiger charge is 2.09. The number of hydrogen-bond donors (Lipinski definition) is 1. The molecule has 0 atom stereocenters. The van der Waals surface area contributed by atoms with E-state index in [2.05, 4.69) is 0 Å². The van der Waals surface area contributed by atoms with Gasteiger partial charge in [-0.25, -0.2) is 0 Å². The molecule has 0 aromatic heterocycles. The summed E-state index contributed by atoms with van der Waals surface area (Å²) in [5.41, 5.74) is 2.36. The van der Waals surface area contributed by atoms with Gasteiger partial charge < -0.3 is 14.6 Å². The molecule has 4 nitrogen and oxygen atoms in total. The van der Waals surface area contributed by atoms with E-state index in [9.17, 15) is 4.79 Å². The normalized spacial score (nSPS) is 10.2. The van der Waals surface area contributed by atoms with Gasteiger partial charge in [0, 0.05) is 0 Å². The molecule has 21 heavy (non-hydrogen) atoms. The van der Waals surface area contributed by atoms with Crippen molar-refractivity contribution in [1.82, 2.24) is 0 Å². The summed E-state index contributed by atoms with van der Waals surface area (Å²) in [6, 6.07) is 12.7. The van der Waals surface area contributed by atoms with Crippen molar-refractivity contribution in [2.75, 3.05) is 7.11 Å². The fraction of sp³-hybridized carbons (Fsp3) is 0.235. The van der Waals surface area contributed by atoms with Crippen LogP contribution in [0.3, 0.4) is 0 Å². The van der Waals surface area contributed by atoms with Crippen molar-refractivity contribution in [1.29, 1.82) is 0 Å². The van der Waals surface area contributed by atoms with Gasteiger partial charge in [-0.3, -0.25) is 4.79 Å². The van der Waals surface area contributed by atoms with Crippen LogP contribution in [0.25, 0.3) is 0 Å². The van der Waals surface area contributed by atoms with Crippen molar-refractivity contribution in [3.63, 3.8) is 0 Å².